The highest BCUT2D eigenvalue weighted by molar-refractivity contribution is 5.73. The van der Waals surface area contributed by atoms with Crippen LogP contribution >= 0.6 is 0 Å². The summed E-state index contributed by atoms with van der Waals surface area (Å²) >= 11 is 0. The molecule has 0 spiro atoms. The summed E-state index contributed by atoms with van der Waals surface area (Å²) in [5, 5.41) is 12.1. The van der Waals surface area contributed by atoms with E-state index in [2.05, 4.69) is 12.2 Å². The van der Waals surface area contributed by atoms with Gasteiger partial charge in [0.1, 0.15) is 11.8 Å². The van der Waals surface area contributed by atoms with Gasteiger partial charge < -0.3 is 15.2 Å². The highest BCUT2D eigenvalue weighted by Crippen LogP contribution is 2.13. The predicted octanol–water partition coefficient (Wildman–Crippen LogP) is 2.67. The van der Waals surface area contributed by atoms with Crippen LogP contribution in [0.4, 0.5) is 0 Å². The molecule has 0 aromatic heterocycles. The Bertz CT molecular complexity index is 387. The molecule has 4 heteroatoms. The lowest BCUT2D eigenvalue weighted by Gasteiger charge is -2.18. The summed E-state index contributed by atoms with van der Waals surface area (Å²) in [6.07, 6.45) is 0.984. The Morgan fingerprint density at radius 2 is 1.95 bits per heavy atom. The van der Waals surface area contributed by atoms with Crippen molar-refractivity contribution < 1.29 is 14.6 Å². The molecule has 0 radical (unpaired) electrons. The molecule has 0 bridgehead atoms. The molecular weight excluding hydrogens is 242 g/mol. The van der Waals surface area contributed by atoms with E-state index in [1.165, 1.54) is 0 Å². The van der Waals surface area contributed by atoms with Gasteiger partial charge in [-0.3, -0.25) is 4.79 Å². The SMILES string of the molecule is CCCOc1ccc(CNC(C(=O)O)C(C)C)cc1. The Labute approximate surface area is 114 Å². The molecule has 0 saturated heterocycles. The number of hydrogen-bond donors (Lipinski definition) is 2. The first-order valence-electron chi connectivity index (χ1n) is 6.72. The summed E-state index contributed by atoms with van der Waals surface area (Å²) in [6, 6.07) is 7.22. The third-order valence-corrected chi connectivity index (χ3v) is 2.86. The summed E-state index contributed by atoms with van der Waals surface area (Å²) in [5.74, 6) is 0.104. The summed E-state index contributed by atoms with van der Waals surface area (Å²) in [5.41, 5.74) is 1.05. The average Bonchev–Trinajstić information content (AvgIpc) is 2.37. The Morgan fingerprint density at radius 1 is 1.32 bits per heavy atom. The monoisotopic (exact) mass is 265 g/mol. The standard InChI is InChI=1S/C15H23NO3/c1-4-9-19-13-7-5-12(6-8-13)10-16-14(11(2)3)15(17)18/h5-8,11,14,16H,4,9-10H2,1-3H3,(H,17,18). The normalized spacial score (nSPS) is 12.4. The lowest BCUT2D eigenvalue weighted by Crippen LogP contribution is -2.40. The maximum atomic E-state index is 11.1. The minimum Gasteiger partial charge on any atom is -0.494 e. The van der Waals surface area contributed by atoms with Crippen molar-refractivity contribution in [2.75, 3.05) is 6.61 Å². The number of benzene rings is 1. The topological polar surface area (TPSA) is 58.6 Å². The van der Waals surface area contributed by atoms with Crippen LogP contribution in [0, 0.1) is 5.92 Å². The molecule has 19 heavy (non-hydrogen) atoms. The third kappa shape index (κ3) is 5.30. The second-order valence-electron chi connectivity index (χ2n) is 4.93. The van der Waals surface area contributed by atoms with Gasteiger partial charge in [0.05, 0.1) is 6.61 Å². The number of carboxylic acids is 1. The number of carbonyl (C=O) groups is 1. The fraction of sp³-hybridized carbons (Fsp3) is 0.533. The highest BCUT2D eigenvalue weighted by Gasteiger charge is 2.20. The molecule has 106 valence electrons. The molecule has 0 saturated carbocycles. The predicted molar refractivity (Wildman–Crippen MR) is 75.3 cm³/mol. The van der Waals surface area contributed by atoms with Gasteiger partial charge in [-0.2, -0.15) is 0 Å². The van der Waals surface area contributed by atoms with Crippen molar-refractivity contribution in [1.29, 1.82) is 0 Å². The van der Waals surface area contributed by atoms with E-state index in [0.717, 1.165) is 17.7 Å². The molecule has 1 unspecified atom stereocenters. The Kier molecular flexibility index (Phi) is 6.36. The minimum absolute atomic E-state index is 0.0599. The van der Waals surface area contributed by atoms with E-state index < -0.39 is 12.0 Å². The maximum absolute atomic E-state index is 11.1. The Hall–Kier alpha value is -1.55. The van der Waals surface area contributed by atoms with E-state index in [1.54, 1.807) is 0 Å². The van der Waals surface area contributed by atoms with Gasteiger partial charge >= 0.3 is 5.97 Å². The van der Waals surface area contributed by atoms with Crippen LogP contribution in [0.2, 0.25) is 0 Å². The van der Waals surface area contributed by atoms with E-state index in [-0.39, 0.29) is 5.92 Å². The van der Waals surface area contributed by atoms with E-state index in [0.29, 0.717) is 13.2 Å². The fourth-order valence-electron chi connectivity index (χ4n) is 1.76. The molecule has 0 heterocycles. The molecular formula is C15H23NO3. The number of aliphatic carboxylic acids is 1. The summed E-state index contributed by atoms with van der Waals surface area (Å²) in [6.45, 7) is 7.12. The minimum atomic E-state index is -0.808. The van der Waals surface area contributed by atoms with Crippen LogP contribution in [0.5, 0.6) is 5.75 Å². The van der Waals surface area contributed by atoms with E-state index in [1.807, 2.05) is 38.1 Å². The van der Waals surface area contributed by atoms with Crippen LogP contribution in [0.25, 0.3) is 0 Å². The summed E-state index contributed by atoms with van der Waals surface area (Å²) in [4.78, 5) is 11.1. The van der Waals surface area contributed by atoms with Crippen LogP contribution in [0.3, 0.4) is 0 Å². The number of nitrogens with one attached hydrogen (secondary N) is 1. The van der Waals surface area contributed by atoms with Crippen molar-refractivity contribution in [2.24, 2.45) is 5.92 Å². The van der Waals surface area contributed by atoms with Crippen molar-refractivity contribution in [3.8, 4) is 5.75 Å². The summed E-state index contributed by atoms with van der Waals surface area (Å²) in [7, 11) is 0. The average molecular weight is 265 g/mol. The first kappa shape index (κ1) is 15.5. The molecule has 1 aromatic carbocycles. The second kappa shape index (κ2) is 7.79. The van der Waals surface area contributed by atoms with Gasteiger partial charge in [-0.15, -0.1) is 0 Å². The molecule has 0 fully saturated rings. The van der Waals surface area contributed by atoms with Crippen LogP contribution in [0.1, 0.15) is 32.8 Å². The largest absolute Gasteiger partial charge is 0.494 e. The maximum Gasteiger partial charge on any atom is 0.320 e. The molecule has 0 aliphatic carbocycles. The van der Waals surface area contributed by atoms with Gasteiger partial charge in [0, 0.05) is 6.54 Å². The number of hydrogen-bond acceptors (Lipinski definition) is 3. The molecule has 1 atom stereocenters. The van der Waals surface area contributed by atoms with Crippen LogP contribution < -0.4 is 10.1 Å². The van der Waals surface area contributed by atoms with E-state index in [9.17, 15) is 4.79 Å². The lowest BCUT2D eigenvalue weighted by molar-refractivity contribution is -0.140. The van der Waals surface area contributed by atoms with Crippen molar-refractivity contribution in [3.05, 3.63) is 29.8 Å². The zero-order valence-corrected chi connectivity index (χ0v) is 11.8. The fourth-order valence-corrected chi connectivity index (χ4v) is 1.76. The van der Waals surface area contributed by atoms with Crippen molar-refractivity contribution in [2.45, 2.75) is 39.8 Å². The number of ether oxygens (including phenoxy) is 1. The lowest BCUT2D eigenvalue weighted by atomic mass is 10.0. The molecule has 2 N–H and O–H groups in total. The van der Waals surface area contributed by atoms with Crippen LogP contribution in [-0.4, -0.2) is 23.7 Å². The summed E-state index contributed by atoms with van der Waals surface area (Å²) < 4.78 is 5.50. The van der Waals surface area contributed by atoms with Gasteiger partial charge in [0.15, 0.2) is 0 Å². The number of carboxylic acid groups (broad SMARTS) is 1. The second-order valence-corrected chi connectivity index (χ2v) is 4.93. The first-order valence-corrected chi connectivity index (χ1v) is 6.72. The van der Waals surface area contributed by atoms with Crippen molar-refractivity contribution in [3.63, 3.8) is 0 Å². The molecule has 1 aromatic rings. The van der Waals surface area contributed by atoms with Crippen LogP contribution in [-0.2, 0) is 11.3 Å². The Balaban J connectivity index is 2.51. The Morgan fingerprint density at radius 3 is 2.42 bits per heavy atom. The van der Waals surface area contributed by atoms with E-state index >= 15 is 0 Å². The van der Waals surface area contributed by atoms with Gasteiger partial charge in [-0.05, 0) is 30.0 Å². The quantitative estimate of drug-likeness (QED) is 0.758. The molecule has 4 nitrogen and oxygen atoms in total. The van der Waals surface area contributed by atoms with Gasteiger partial charge in [-0.25, -0.2) is 0 Å². The van der Waals surface area contributed by atoms with Gasteiger partial charge in [0.25, 0.3) is 0 Å². The molecule has 0 aliphatic heterocycles. The zero-order chi connectivity index (χ0) is 14.3. The molecule has 0 aliphatic rings. The molecule has 0 amide bonds. The van der Waals surface area contributed by atoms with Gasteiger partial charge in [-0.1, -0.05) is 32.9 Å². The van der Waals surface area contributed by atoms with Gasteiger partial charge in [0.2, 0.25) is 0 Å². The molecule has 1 rings (SSSR count). The van der Waals surface area contributed by atoms with Crippen LogP contribution in [0.15, 0.2) is 24.3 Å². The highest BCUT2D eigenvalue weighted by atomic mass is 16.5. The van der Waals surface area contributed by atoms with Crippen molar-refractivity contribution >= 4 is 5.97 Å². The smallest absolute Gasteiger partial charge is 0.320 e. The van der Waals surface area contributed by atoms with E-state index in [4.69, 9.17) is 9.84 Å². The number of rotatable bonds is 8. The zero-order valence-electron chi connectivity index (χ0n) is 11.8. The third-order valence-electron chi connectivity index (χ3n) is 2.86. The van der Waals surface area contributed by atoms with Crippen molar-refractivity contribution in [1.82, 2.24) is 5.32 Å². The first-order chi connectivity index (χ1) is 9.04.